The van der Waals surface area contributed by atoms with Crippen LogP contribution in [-0.2, 0) is 29.7 Å². The van der Waals surface area contributed by atoms with Crippen LogP contribution in [0.5, 0.6) is 0 Å². The van der Waals surface area contributed by atoms with Crippen LogP contribution in [0.3, 0.4) is 0 Å². The average molecular weight is 524 g/mol. The second-order valence-electron chi connectivity index (χ2n) is 8.47. The number of halogens is 2. The van der Waals surface area contributed by atoms with Crippen molar-refractivity contribution in [1.29, 1.82) is 0 Å². The number of carbonyl (C=O) groups is 2. The molecule has 186 valence electrons. The van der Waals surface area contributed by atoms with Gasteiger partial charge in [0, 0.05) is 41.6 Å². The molecular formula is C28H27ClFN3O2S. The summed E-state index contributed by atoms with van der Waals surface area (Å²) in [4.78, 5) is 26.5. The van der Waals surface area contributed by atoms with Gasteiger partial charge in [0.1, 0.15) is 18.1 Å². The molecule has 3 aromatic carbocycles. The largest absolute Gasteiger partial charge is 0.339 e. The van der Waals surface area contributed by atoms with Crippen LogP contribution in [0.15, 0.2) is 77.8 Å². The van der Waals surface area contributed by atoms with Gasteiger partial charge in [-0.2, -0.15) is 0 Å². The lowest BCUT2D eigenvalue weighted by Crippen LogP contribution is -2.35. The predicted molar refractivity (Wildman–Crippen MR) is 144 cm³/mol. The minimum absolute atomic E-state index is 0.0395. The number of aryl methyl sites for hydroxylation is 1. The van der Waals surface area contributed by atoms with Crippen LogP contribution in [0.4, 0.5) is 4.39 Å². The Balaban J connectivity index is 0.000000256. The summed E-state index contributed by atoms with van der Waals surface area (Å²) in [6.07, 6.45) is 0.880. The number of hydrogen-bond donors (Lipinski definition) is 1. The number of carbonyl (C=O) groups excluding carboxylic acids is 2. The van der Waals surface area contributed by atoms with Crippen molar-refractivity contribution >= 4 is 46.5 Å². The maximum atomic E-state index is 12.8. The SMILES string of the molecule is CNCc1ccc(F)cc1.Cn1c2c(c3ccccc31)C(C=O)N(Cc1ccc(Cl)cc1)C(=O)CS2. The predicted octanol–water partition coefficient (Wildman–Crippen LogP) is 5.75. The topological polar surface area (TPSA) is 54.3 Å². The summed E-state index contributed by atoms with van der Waals surface area (Å²) >= 11 is 7.46. The molecule has 0 saturated heterocycles. The first-order valence-electron chi connectivity index (χ1n) is 11.5. The van der Waals surface area contributed by atoms with Gasteiger partial charge in [-0.05, 0) is 48.5 Å². The van der Waals surface area contributed by atoms with Crippen molar-refractivity contribution in [3.8, 4) is 0 Å². The number of fused-ring (bicyclic) bond motifs is 3. The molecule has 5 rings (SSSR count). The van der Waals surface area contributed by atoms with E-state index in [1.165, 1.54) is 23.9 Å². The molecule has 5 nitrogen and oxygen atoms in total. The first-order valence-corrected chi connectivity index (χ1v) is 12.9. The lowest BCUT2D eigenvalue weighted by Gasteiger charge is -2.26. The summed E-state index contributed by atoms with van der Waals surface area (Å²) in [5.41, 5.74) is 4.03. The molecule has 0 bridgehead atoms. The summed E-state index contributed by atoms with van der Waals surface area (Å²) in [5.74, 6) is 0.0944. The summed E-state index contributed by atoms with van der Waals surface area (Å²) in [6, 6.07) is 21.2. The highest BCUT2D eigenvalue weighted by Gasteiger charge is 2.34. The van der Waals surface area contributed by atoms with Crippen LogP contribution in [-0.4, -0.2) is 34.5 Å². The highest BCUT2D eigenvalue weighted by molar-refractivity contribution is 8.00. The molecule has 2 heterocycles. The molecule has 1 atom stereocenters. The number of thioether (sulfide) groups is 1. The molecule has 0 fully saturated rings. The molecular weight excluding hydrogens is 497 g/mol. The monoisotopic (exact) mass is 523 g/mol. The van der Waals surface area contributed by atoms with Gasteiger partial charge < -0.3 is 19.6 Å². The zero-order valence-corrected chi connectivity index (χ0v) is 21.7. The van der Waals surface area contributed by atoms with Crippen molar-refractivity contribution in [3.63, 3.8) is 0 Å². The van der Waals surface area contributed by atoms with E-state index in [0.29, 0.717) is 17.3 Å². The molecule has 1 unspecified atom stereocenters. The number of para-hydroxylation sites is 1. The maximum absolute atomic E-state index is 12.8. The Morgan fingerprint density at radius 3 is 2.39 bits per heavy atom. The number of aldehydes is 1. The molecule has 1 amide bonds. The van der Waals surface area contributed by atoms with Crippen LogP contribution in [0.1, 0.15) is 22.7 Å². The minimum atomic E-state index is -0.603. The number of nitrogens with one attached hydrogen (secondary N) is 1. The van der Waals surface area contributed by atoms with Crippen LogP contribution in [0.2, 0.25) is 5.02 Å². The summed E-state index contributed by atoms with van der Waals surface area (Å²) in [7, 11) is 3.85. The van der Waals surface area contributed by atoms with Crippen molar-refractivity contribution in [3.05, 3.63) is 100 Å². The number of nitrogens with zero attached hydrogens (tertiary/aromatic N) is 2. The molecule has 8 heteroatoms. The Bertz CT molecular complexity index is 1360. The molecule has 1 aliphatic rings. The Kier molecular flexibility index (Phi) is 8.46. The smallest absolute Gasteiger partial charge is 0.234 e. The van der Waals surface area contributed by atoms with Crippen LogP contribution < -0.4 is 5.32 Å². The molecule has 1 aromatic heterocycles. The summed E-state index contributed by atoms with van der Waals surface area (Å²) in [5, 5.41) is 5.63. The van der Waals surface area contributed by atoms with E-state index in [4.69, 9.17) is 11.6 Å². The van der Waals surface area contributed by atoms with E-state index >= 15 is 0 Å². The van der Waals surface area contributed by atoms with Gasteiger partial charge in [-0.25, -0.2) is 4.39 Å². The van der Waals surface area contributed by atoms with Gasteiger partial charge in [0.05, 0.1) is 10.8 Å². The Hall–Kier alpha value is -3.13. The van der Waals surface area contributed by atoms with Crippen LogP contribution >= 0.6 is 23.4 Å². The van der Waals surface area contributed by atoms with Gasteiger partial charge in [0.15, 0.2) is 0 Å². The summed E-state index contributed by atoms with van der Waals surface area (Å²) in [6.45, 7) is 1.17. The molecule has 0 aliphatic carbocycles. The number of rotatable bonds is 5. The van der Waals surface area contributed by atoms with Gasteiger partial charge in [0.25, 0.3) is 0 Å². The fourth-order valence-electron chi connectivity index (χ4n) is 4.30. The van der Waals surface area contributed by atoms with E-state index in [0.717, 1.165) is 45.5 Å². The van der Waals surface area contributed by atoms with Crippen molar-refractivity contribution in [1.82, 2.24) is 14.8 Å². The number of benzene rings is 3. The first kappa shape index (κ1) is 25.9. The van der Waals surface area contributed by atoms with Crippen molar-refractivity contribution in [2.24, 2.45) is 7.05 Å². The third-order valence-electron chi connectivity index (χ3n) is 6.06. The van der Waals surface area contributed by atoms with E-state index in [2.05, 4.69) is 9.88 Å². The Morgan fingerprint density at radius 1 is 1.06 bits per heavy atom. The number of amides is 1. The first-order chi connectivity index (χ1) is 17.4. The quantitative estimate of drug-likeness (QED) is 0.338. The van der Waals surface area contributed by atoms with Crippen molar-refractivity contribution in [2.75, 3.05) is 12.8 Å². The van der Waals surface area contributed by atoms with E-state index in [9.17, 15) is 14.0 Å². The van der Waals surface area contributed by atoms with Gasteiger partial charge in [-0.3, -0.25) is 4.79 Å². The Morgan fingerprint density at radius 2 is 1.72 bits per heavy atom. The molecule has 36 heavy (non-hydrogen) atoms. The van der Waals surface area contributed by atoms with E-state index < -0.39 is 6.04 Å². The van der Waals surface area contributed by atoms with Crippen LogP contribution in [0.25, 0.3) is 10.9 Å². The molecule has 1 N–H and O–H groups in total. The molecule has 0 spiro atoms. The highest BCUT2D eigenvalue weighted by Crippen LogP contribution is 2.41. The van der Waals surface area contributed by atoms with Crippen molar-refractivity contribution < 1.29 is 14.0 Å². The molecule has 0 radical (unpaired) electrons. The van der Waals surface area contributed by atoms with E-state index in [-0.39, 0.29) is 11.7 Å². The zero-order chi connectivity index (χ0) is 25.7. The average Bonchev–Trinajstić information content (AvgIpc) is 3.08. The maximum Gasteiger partial charge on any atom is 0.234 e. The van der Waals surface area contributed by atoms with Crippen molar-refractivity contribution in [2.45, 2.75) is 24.2 Å². The molecule has 0 saturated carbocycles. The normalized spacial score (nSPS) is 15.2. The lowest BCUT2D eigenvalue weighted by atomic mass is 10.0. The number of hydrogen-bond acceptors (Lipinski definition) is 4. The van der Waals surface area contributed by atoms with Gasteiger partial charge in [0.2, 0.25) is 5.91 Å². The second-order valence-corrected chi connectivity index (χ2v) is 9.87. The Labute approximate surface area is 219 Å². The zero-order valence-electron chi connectivity index (χ0n) is 20.1. The lowest BCUT2D eigenvalue weighted by molar-refractivity contribution is -0.134. The third kappa shape index (κ3) is 5.64. The third-order valence-corrected chi connectivity index (χ3v) is 7.47. The van der Waals surface area contributed by atoms with Gasteiger partial charge in [-0.15, -0.1) is 0 Å². The second kappa shape index (κ2) is 11.7. The fraction of sp³-hybridized carbons (Fsp3) is 0.214. The molecule has 1 aliphatic heterocycles. The highest BCUT2D eigenvalue weighted by atomic mass is 35.5. The van der Waals surface area contributed by atoms with E-state index in [1.807, 2.05) is 50.5 Å². The van der Waals surface area contributed by atoms with E-state index in [1.54, 1.807) is 29.2 Å². The number of aromatic nitrogens is 1. The van der Waals surface area contributed by atoms with Gasteiger partial charge >= 0.3 is 0 Å². The standard InChI is InChI=1S/C20H17ClN2O2S.C8H10FN/c1-22-16-5-3-2-4-15(16)19-17(11-24)23(18(25)12-26-20(19)22)10-13-6-8-14(21)9-7-13;1-10-6-7-2-4-8(9)5-3-7/h2-9,11,17H,10,12H2,1H3;2-5,10H,6H2,1H3. The molecule has 4 aromatic rings. The fourth-order valence-corrected chi connectivity index (χ4v) is 5.53. The summed E-state index contributed by atoms with van der Waals surface area (Å²) < 4.78 is 14.4. The van der Waals surface area contributed by atoms with Crippen LogP contribution in [0, 0.1) is 5.82 Å². The minimum Gasteiger partial charge on any atom is -0.339 e. The van der Waals surface area contributed by atoms with Gasteiger partial charge in [-0.1, -0.05) is 65.8 Å².